The van der Waals surface area contributed by atoms with Crippen LogP contribution in [0, 0.1) is 5.92 Å². The van der Waals surface area contributed by atoms with Crippen LogP contribution in [0.1, 0.15) is 25.6 Å². The summed E-state index contributed by atoms with van der Waals surface area (Å²) >= 11 is 3.48. The molecule has 0 aromatic heterocycles. The molecule has 1 fully saturated rings. The first-order valence-corrected chi connectivity index (χ1v) is 6.27. The average Bonchev–Trinajstić information content (AvgIpc) is 2.60. The van der Waals surface area contributed by atoms with E-state index in [9.17, 15) is 0 Å². The van der Waals surface area contributed by atoms with Crippen molar-refractivity contribution in [3.8, 4) is 0 Å². The molecule has 0 radical (unpaired) electrons. The van der Waals surface area contributed by atoms with E-state index in [-0.39, 0.29) is 12.4 Å². The third-order valence-electron chi connectivity index (χ3n) is 2.87. The van der Waals surface area contributed by atoms with E-state index in [1.165, 1.54) is 0 Å². The highest BCUT2D eigenvalue weighted by Gasteiger charge is 2.34. The molecule has 1 heterocycles. The number of nitrogens with zero attached hydrogens (tertiary/aromatic N) is 1. The average molecular weight is 285 g/mol. The molecule has 1 N–H and O–H groups in total. The van der Waals surface area contributed by atoms with Gasteiger partial charge in [-0.05, 0) is 30.7 Å². The summed E-state index contributed by atoms with van der Waals surface area (Å²) in [6.07, 6.45) is 0.258. The Labute approximate surface area is 105 Å². The zero-order valence-electron chi connectivity index (χ0n) is 9.77. The monoisotopic (exact) mass is 284 g/mol. The Balaban J connectivity index is 2.18. The fraction of sp³-hybridized carbons (Fsp3) is 0.500. The number of halogens is 1. The SMILES string of the molecule is CC(C)C1NOC(c2cccc(Br)c2)N1C. The summed E-state index contributed by atoms with van der Waals surface area (Å²) in [5, 5.41) is 0. The maximum atomic E-state index is 5.64. The summed E-state index contributed by atoms with van der Waals surface area (Å²) in [7, 11) is 2.08. The van der Waals surface area contributed by atoms with Gasteiger partial charge >= 0.3 is 0 Å². The summed E-state index contributed by atoms with van der Waals surface area (Å²) in [4.78, 5) is 7.85. The first-order chi connectivity index (χ1) is 7.59. The number of hydrogen-bond acceptors (Lipinski definition) is 3. The molecule has 1 aliphatic rings. The molecule has 1 aliphatic heterocycles. The van der Waals surface area contributed by atoms with E-state index in [0.29, 0.717) is 5.92 Å². The highest BCUT2D eigenvalue weighted by atomic mass is 79.9. The van der Waals surface area contributed by atoms with Crippen LogP contribution < -0.4 is 5.48 Å². The van der Waals surface area contributed by atoms with Crippen molar-refractivity contribution in [2.45, 2.75) is 26.2 Å². The van der Waals surface area contributed by atoms with Crippen LogP contribution in [0.4, 0.5) is 0 Å². The van der Waals surface area contributed by atoms with E-state index in [0.717, 1.165) is 10.0 Å². The number of rotatable bonds is 2. The lowest BCUT2D eigenvalue weighted by Gasteiger charge is -2.24. The van der Waals surface area contributed by atoms with E-state index >= 15 is 0 Å². The van der Waals surface area contributed by atoms with E-state index in [2.05, 4.69) is 59.3 Å². The second kappa shape index (κ2) is 4.84. The number of benzene rings is 1. The van der Waals surface area contributed by atoms with Crippen molar-refractivity contribution in [2.75, 3.05) is 7.05 Å². The van der Waals surface area contributed by atoms with E-state index in [4.69, 9.17) is 4.84 Å². The van der Waals surface area contributed by atoms with Crippen molar-refractivity contribution in [3.05, 3.63) is 34.3 Å². The molecule has 1 aromatic carbocycles. The van der Waals surface area contributed by atoms with Gasteiger partial charge < -0.3 is 0 Å². The molecular formula is C12H17BrN2O. The van der Waals surface area contributed by atoms with Gasteiger partial charge in [-0.2, -0.15) is 5.48 Å². The molecular weight excluding hydrogens is 268 g/mol. The van der Waals surface area contributed by atoms with Gasteiger partial charge in [0.25, 0.3) is 0 Å². The third kappa shape index (κ3) is 2.30. The minimum absolute atomic E-state index is 0.00935. The highest BCUT2D eigenvalue weighted by molar-refractivity contribution is 9.10. The van der Waals surface area contributed by atoms with Crippen LogP contribution >= 0.6 is 15.9 Å². The van der Waals surface area contributed by atoms with Gasteiger partial charge in [-0.3, -0.25) is 9.74 Å². The zero-order chi connectivity index (χ0) is 11.7. The lowest BCUT2D eigenvalue weighted by molar-refractivity contribution is -0.00455. The Morgan fingerprint density at radius 2 is 2.19 bits per heavy atom. The Hall–Kier alpha value is -0.420. The molecule has 16 heavy (non-hydrogen) atoms. The van der Waals surface area contributed by atoms with Crippen LogP contribution in [0.2, 0.25) is 0 Å². The topological polar surface area (TPSA) is 24.5 Å². The molecule has 4 heteroatoms. The molecule has 1 aromatic rings. The molecule has 0 bridgehead atoms. The second-order valence-corrected chi connectivity index (χ2v) is 5.41. The largest absolute Gasteiger partial charge is 0.276 e. The van der Waals surface area contributed by atoms with Crippen LogP contribution in [0.5, 0.6) is 0 Å². The van der Waals surface area contributed by atoms with Crippen LogP contribution in [0.15, 0.2) is 28.7 Å². The number of hydroxylamine groups is 1. The molecule has 2 unspecified atom stereocenters. The van der Waals surface area contributed by atoms with Gasteiger partial charge in [0, 0.05) is 4.47 Å². The third-order valence-corrected chi connectivity index (χ3v) is 3.37. The Bertz CT molecular complexity index is 370. The molecule has 0 spiro atoms. The molecule has 2 atom stereocenters. The summed E-state index contributed by atoms with van der Waals surface area (Å²) in [6, 6.07) is 8.22. The van der Waals surface area contributed by atoms with Gasteiger partial charge in [0.1, 0.15) is 0 Å². The lowest BCUT2D eigenvalue weighted by Crippen LogP contribution is -2.37. The maximum Gasteiger partial charge on any atom is 0.158 e. The molecule has 88 valence electrons. The van der Waals surface area contributed by atoms with Gasteiger partial charge in [0.2, 0.25) is 0 Å². The summed E-state index contributed by atoms with van der Waals surface area (Å²) in [5.41, 5.74) is 4.24. The van der Waals surface area contributed by atoms with Gasteiger partial charge in [0.15, 0.2) is 6.23 Å². The molecule has 1 saturated heterocycles. The van der Waals surface area contributed by atoms with Crippen molar-refractivity contribution in [3.63, 3.8) is 0 Å². The highest BCUT2D eigenvalue weighted by Crippen LogP contribution is 2.30. The van der Waals surface area contributed by atoms with Gasteiger partial charge in [-0.25, -0.2) is 0 Å². The predicted octanol–water partition coefficient (Wildman–Crippen LogP) is 2.90. The van der Waals surface area contributed by atoms with E-state index < -0.39 is 0 Å². The molecule has 0 aliphatic carbocycles. The van der Waals surface area contributed by atoms with Crippen molar-refractivity contribution in [2.24, 2.45) is 5.92 Å². The summed E-state index contributed by atoms with van der Waals surface area (Å²) < 4.78 is 1.08. The van der Waals surface area contributed by atoms with Crippen molar-refractivity contribution < 1.29 is 4.84 Å². The van der Waals surface area contributed by atoms with Crippen LogP contribution in [0.3, 0.4) is 0 Å². The molecule has 0 amide bonds. The Morgan fingerprint density at radius 3 is 2.75 bits per heavy atom. The van der Waals surface area contributed by atoms with Crippen molar-refractivity contribution in [1.82, 2.24) is 10.4 Å². The van der Waals surface area contributed by atoms with Crippen LogP contribution in [-0.2, 0) is 4.84 Å². The second-order valence-electron chi connectivity index (χ2n) is 4.50. The fourth-order valence-corrected chi connectivity index (χ4v) is 2.43. The maximum absolute atomic E-state index is 5.64. The lowest BCUT2D eigenvalue weighted by atomic mass is 10.1. The Morgan fingerprint density at radius 1 is 1.44 bits per heavy atom. The summed E-state index contributed by atoms with van der Waals surface area (Å²) in [5.74, 6) is 0.516. The van der Waals surface area contributed by atoms with Gasteiger partial charge in [0.05, 0.1) is 6.17 Å². The molecule has 3 nitrogen and oxygen atoms in total. The van der Waals surface area contributed by atoms with Crippen molar-refractivity contribution >= 4 is 15.9 Å². The smallest absolute Gasteiger partial charge is 0.158 e. The normalized spacial score (nSPS) is 26.6. The zero-order valence-corrected chi connectivity index (χ0v) is 11.4. The van der Waals surface area contributed by atoms with Crippen LogP contribution in [0.25, 0.3) is 0 Å². The predicted molar refractivity (Wildman–Crippen MR) is 67.5 cm³/mol. The number of nitrogens with one attached hydrogen (secondary N) is 1. The van der Waals surface area contributed by atoms with Crippen molar-refractivity contribution in [1.29, 1.82) is 0 Å². The first kappa shape index (κ1) is 12.0. The molecule has 2 rings (SSSR count). The van der Waals surface area contributed by atoms with Gasteiger partial charge in [-0.15, -0.1) is 0 Å². The van der Waals surface area contributed by atoms with E-state index in [1.54, 1.807) is 0 Å². The molecule has 0 saturated carbocycles. The first-order valence-electron chi connectivity index (χ1n) is 5.48. The number of hydrogen-bond donors (Lipinski definition) is 1. The van der Waals surface area contributed by atoms with Gasteiger partial charge in [-0.1, -0.05) is 41.9 Å². The Kier molecular flexibility index (Phi) is 3.64. The standard InChI is InChI=1S/C12H17BrN2O/c1-8(2)11-14-16-12(15(11)3)9-5-4-6-10(13)7-9/h4-8,11-12,14H,1-3H3. The fourth-order valence-electron chi connectivity index (χ4n) is 2.02. The minimum atomic E-state index is -0.00935. The minimum Gasteiger partial charge on any atom is -0.276 e. The quantitative estimate of drug-likeness (QED) is 0.904. The van der Waals surface area contributed by atoms with E-state index in [1.807, 2.05) is 12.1 Å². The van der Waals surface area contributed by atoms with Crippen LogP contribution in [-0.4, -0.2) is 18.1 Å². The summed E-state index contributed by atoms with van der Waals surface area (Å²) in [6.45, 7) is 4.36.